The maximum Gasteiger partial charge on any atom is 0.258 e. The van der Waals surface area contributed by atoms with Crippen LogP contribution in [0.4, 0.5) is 11.8 Å². The minimum absolute atomic E-state index is 0.00423. The van der Waals surface area contributed by atoms with E-state index in [1.165, 1.54) is 0 Å². The van der Waals surface area contributed by atoms with Crippen LogP contribution in [0, 0.1) is 6.92 Å². The topological polar surface area (TPSA) is 79.4 Å². The normalized spacial score (nSPS) is 10.1. The van der Waals surface area contributed by atoms with Gasteiger partial charge in [-0.15, -0.1) is 0 Å². The monoisotopic (exact) mass is 329 g/mol. The second-order valence-electron chi connectivity index (χ2n) is 5.46. The fraction of sp³-hybridized carbons (Fsp3) is 0.353. The Kier molecular flexibility index (Phi) is 6.36. The first-order valence-corrected chi connectivity index (χ1v) is 7.76. The molecular weight excluding hydrogens is 306 g/mol. The van der Waals surface area contributed by atoms with Gasteiger partial charge >= 0.3 is 0 Å². The van der Waals surface area contributed by atoms with Crippen LogP contribution in [0.15, 0.2) is 36.4 Å². The van der Waals surface area contributed by atoms with Gasteiger partial charge < -0.3 is 20.3 Å². The van der Waals surface area contributed by atoms with E-state index < -0.39 is 0 Å². The second kappa shape index (κ2) is 8.71. The number of carbonyl (C=O) groups is 1. The van der Waals surface area contributed by atoms with Gasteiger partial charge in [-0.05, 0) is 19.1 Å². The molecule has 1 aromatic carbocycles. The molecule has 0 atom stereocenters. The summed E-state index contributed by atoms with van der Waals surface area (Å²) in [6, 6.07) is 11.2. The molecule has 0 aliphatic heterocycles. The van der Waals surface area contributed by atoms with E-state index in [-0.39, 0.29) is 12.5 Å². The van der Waals surface area contributed by atoms with Crippen LogP contribution >= 0.6 is 0 Å². The smallest absolute Gasteiger partial charge is 0.258 e. The number of rotatable bonds is 8. The average molecular weight is 329 g/mol. The molecule has 0 bridgehead atoms. The van der Waals surface area contributed by atoms with E-state index in [1.807, 2.05) is 62.3 Å². The predicted molar refractivity (Wildman–Crippen MR) is 94.5 cm³/mol. The van der Waals surface area contributed by atoms with Crippen molar-refractivity contribution < 1.29 is 9.53 Å². The zero-order valence-corrected chi connectivity index (χ0v) is 14.2. The standard InChI is InChI=1S/C17H23N5O2/c1-13-11-15(22(2)3)21-17(20-13)19-10-9-18-16(23)12-24-14-7-5-4-6-8-14/h4-8,11H,9-10,12H2,1-3H3,(H,18,23)(H,19,20,21). The quantitative estimate of drug-likeness (QED) is 0.714. The molecule has 0 spiro atoms. The van der Waals surface area contributed by atoms with E-state index >= 15 is 0 Å². The number of aryl methyl sites for hydroxylation is 1. The zero-order chi connectivity index (χ0) is 17.4. The van der Waals surface area contributed by atoms with Gasteiger partial charge in [-0.2, -0.15) is 4.98 Å². The molecule has 2 N–H and O–H groups in total. The van der Waals surface area contributed by atoms with Crippen molar-refractivity contribution in [1.29, 1.82) is 0 Å². The lowest BCUT2D eigenvalue weighted by atomic mass is 10.3. The van der Waals surface area contributed by atoms with Gasteiger partial charge in [0, 0.05) is 38.9 Å². The molecule has 0 saturated heterocycles. The molecule has 1 amide bonds. The van der Waals surface area contributed by atoms with Gasteiger partial charge in [0.15, 0.2) is 6.61 Å². The lowest BCUT2D eigenvalue weighted by molar-refractivity contribution is -0.123. The zero-order valence-electron chi connectivity index (χ0n) is 14.2. The fourth-order valence-electron chi connectivity index (χ4n) is 1.95. The maximum absolute atomic E-state index is 11.7. The van der Waals surface area contributed by atoms with Crippen molar-refractivity contribution >= 4 is 17.7 Å². The fourth-order valence-corrected chi connectivity index (χ4v) is 1.95. The van der Waals surface area contributed by atoms with Gasteiger partial charge in [-0.1, -0.05) is 18.2 Å². The highest BCUT2D eigenvalue weighted by atomic mass is 16.5. The van der Waals surface area contributed by atoms with E-state index in [0.29, 0.717) is 24.8 Å². The Balaban J connectivity index is 1.70. The Morgan fingerprint density at radius 1 is 1.17 bits per heavy atom. The van der Waals surface area contributed by atoms with Crippen LogP contribution < -0.4 is 20.3 Å². The molecule has 24 heavy (non-hydrogen) atoms. The molecule has 1 aromatic heterocycles. The summed E-state index contributed by atoms with van der Waals surface area (Å²) in [5.41, 5.74) is 0.886. The lowest BCUT2D eigenvalue weighted by Crippen LogP contribution is -2.33. The Morgan fingerprint density at radius 2 is 1.92 bits per heavy atom. The molecule has 0 radical (unpaired) electrons. The maximum atomic E-state index is 11.7. The summed E-state index contributed by atoms with van der Waals surface area (Å²) in [7, 11) is 3.86. The number of carbonyl (C=O) groups excluding carboxylic acids is 1. The number of nitrogens with one attached hydrogen (secondary N) is 2. The molecule has 0 unspecified atom stereocenters. The van der Waals surface area contributed by atoms with Gasteiger partial charge in [-0.25, -0.2) is 4.98 Å². The average Bonchev–Trinajstić information content (AvgIpc) is 2.57. The number of hydrogen-bond donors (Lipinski definition) is 2. The summed E-state index contributed by atoms with van der Waals surface area (Å²) in [5.74, 6) is 1.90. The number of amides is 1. The Labute approximate surface area is 142 Å². The van der Waals surface area contributed by atoms with Crippen molar-refractivity contribution in [2.45, 2.75) is 6.92 Å². The number of benzene rings is 1. The predicted octanol–water partition coefficient (Wildman–Crippen LogP) is 1.46. The molecule has 1 heterocycles. The third-order valence-electron chi connectivity index (χ3n) is 3.14. The highest BCUT2D eigenvalue weighted by Gasteiger charge is 2.05. The van der Waals surface area contributed by atoms with Gasteiger partial charge in [0.25, 0.3) is 5.91 Å². The van der Waals surface area contributed by atoms with Gasteiger partial charge in [-0.3, -0.25) is 4.79 Å². The minimum atomic E-state index is -0.167. The number of nitrogens with zero attached hydrogens (tertiary/aromatic N) is 3. The third kappa shape index (κ3) is 5.75. The van der Waals surface area contributed by atoms with Crippen LogP contribution in [0.1, 0.15) is 5.69 Å². The number of ether oxygens (including phenoxy) is 1. The van der Waals surface area contributed by atoms with Crippen molar-refractivity contribution in [2.75, 3.05) is 44.0 Å². The SMILES string of the molecule is Cc1cc(N(C)C)nc(NCCNC(=O)COc2ccccc2)n1. The van der Waals surface area contributed by atoms with E-state index in [1.54, 1.807) is 0 Å². The molecule has 0 saturated carbocycles. The largest absolute Gasteiger partial charge is 0.484 e. The van der Waals surface area contributed by atoms with Crippen LogP contribution in [0.3, 0.4) is 0 Å². The first-order valence-electron chi connectivity index (χ1n) is 7.76. The molecule has 2 rings (SSSR count). The summed E-state index contributed by atoms with van der Waals surface area (Å²) in [6.45, 7) is 2.91. The Hall–Kier alpha value is -2.83. The molecule has 128 valence electrons. The Morgan fingerprint density at radius 3 is 2.62 bits per heavy atom. The lowest BCUT2D eigenvalue weighted by Gasteiger charge is -2.14. The third-order valence-corrected chi connectivity index (χ3v) is 3.14. The Bertz CT molecular complexity index is 661. The van der Waals surface area contributed by atoms with Gasteiger partial charge in [0.1, 0.15) is 11.6 Å². The van der Waals surface area contributed by atoms with Crippen molar-refractivity contribution in [3.63, 3.8) is 0 Å². The highest BCUT2D eigenvalue weighted by molar-refractivity contribution is 5.77. The van der Waals surface area contributed by atoms with E-state index in [2.05, 4.69) is 20.6 Å². The second-order valence-corrected chi connectivity index (χ2v) is 5.46. The summed E-state index contributed by atoms with van der Waals surface area (Å²) in [6.07, 6.45) is 0. The van der Waals surface area contributed by atoms with Crippen LogP contribution in [0.25, 0.3) is 0 Å². The van der Waals surface area contributed by atoms with Gasteiger partial charge in [0.05, 0.1) is 0 Å². The van der Waals surface area contributed by atoms with E-state index in [4.69, 9.17) is 4.74 Å². The first kappa shape index (κ1) is 17.5. The van der Waals surface area contributed by atoms with Crippen LogP contribution in [0.2, 0.25) is 0 Å². The van der Waals surface area contributed by atoms with E-state index in [9.17, 15) is 4.79 Å². The summed E-state index contributed by atoms with van der Waals surface area (Å²) >= 11 is 0. The number of para-hydroxylation sites is 1. The van der Waals surface area contributed by atoms with Crippen LogP contribution in [-0.4, -0.2) is 49.7 Å². The number of hydrogen-bond acceptors (Lipinski definition) is 6. The number of aromatic nitrogens is 2. The molecule has 0 fully saturated rings. The van der Waals surface area contributed by atoms with Crippen molar-refractivity contribution in [1.82, 2.24) is 15.3 Å². The highest BCUT2D eigenvalue weighted by Crippen LogP contribution is 2.11. The summed E-state index contributed by atoms with van der Waals surface area (Å²) in [4.78, 5) is 22.4. The van der Waals surface area contributed by atoms with Crippen molar-refractivity contribution in [3.8, 4) is 5.75 Å². The summed E-state index contributed by atoms with van der Waals surface area (Å²) < 4.78 is 5.38. The molecular formula is C17H23N5O2. The molecule has 7 heteroatoms. The van der Waals surface area contributed by atoms with Gasteiger partial charge in [0.2, 0.25) is 5.95 Å². The molecule has 2 aromatic rings. The van der Waals surface area contributed by atoms with Crippen LogP contribution in [-0.2, 0) is 4.79 Å². The minimum Gasteiger partial charge on any atom is -0.484 e. The molecule has 7 nitrogen and oxygen atoms in total. The van der Waals surface area contributed by atoms with Crippen LogP contribution in [0.5, 0.6) is 5.75 Å². The van der Waals surface area contributed by atoms with E-state index in [0.717, 1.165) is 11.5 Å². The molecule has 0 aliphatic rings. The number of anilines is 2. The first-order chi connectivity index (χ1) is 11.5. The van der Waals surface area contributed by atoms with Crippen molar-refractivity contribution in [2.24, 2.45) is 0 Å². The molecule has 0 aliphatic carbocycles. The summed E-state index contributed by atoms with van der Waals surface area (Å²) in [5, 5.41) is 5.89. The van der Waals surface area contributed by atoms with Crippen molar-refractivity contribution in [3.05, 3.63) is 42.1 Å².